The quantitative estimate of drug-likeness (QED) is 0.560. The molecule has 0 saturated carbocycles. The summed E-state index contributed by atoms with van der Waals surface area (Å²) in [5.74, 6) is 2.06. The maximum Gasteiger partial charge on any atom is 0.222 e. The molecule has 2 aromatic carbocycles. The highest BCUT2D eigenvalue weighted by Gasteiger charge is 2.20. The Hall–Kier alpha value is -2.33. The van der Waals surface area contributed by atoms with Crippen LogP contribution >= 0.6 is 0 Å². The normalized spacial score (nSPS) is 15.6. The molecule has 4 nitrogen and oxygen atoms in total. The van der Waals surface area contributed by atoms with Crippen molar-refractivity contribution in [1.29, 1.82) is 0 Å². The van der Waals surface area contributed by atoms with Gasteiger partial charge in [-0.05, 0) is 69.0 Å². The molecule has 0 bridgehead atoms. The number of hydrogen-bond acceptors (Lipinski definition) is 3. The molecule has 0 aromatic heterocycles. The molecule has 1 unspecified atom stereocenters. The zero-order chi connectivity index (χ0) is 20.5. The van der Waals surface area contributed by atoms with Crippen LogP contribution in [0.4, 0.5) is 0 Å². The summed E-state index contributed by atoms with van der Waals surface area (Å²) in [6, 6.07) is 18.7. The zero-order valence-electron chi connectivity index (χ0n) is 17.8. The van der Waals surface area contributed by atoms with E-state index in [2.05, 4.69) is 36.9 Å². The van der Waals surface area contributed by atoms with E-state index >= 15 is 0 Å². The first-order chi connectivity index (χ1) is 14.2. The van der Waals surface area contributed by atoms with Crippen molar-refractivity contribution in [2.75, 3.05) is 26.2 Å². The molecule has 1 saturated heterocycles. The molecular formula is C25H34N2O2. The van der Waals surface area contributed by atoms with Crippen LogP contribution in [-0.4, -0.2) is 47.9 Å². The SMILES string of the molecule is CCCN(CCN1CCCCC1=O)C(C)Cc1cccc(Oc2ccccc2)c1. The topological polar surface area (TPSA) is 32.8 Å². The van der Waals surface area contributed by atoms with E-state index in [9.17, 15) is 4.79 Å². The Morgan fingerprint density at radius 2 is 1.83 bits per heavy atom. The lowest BCUT2D eigenvalue weighted by Crippen LogP contribution is -2.44. The van der Waals surface area contributed by atoms with E-state index in [4.69, 9.17) is 4.74 Å². The van der Waals surface area contributed by atoms with E-state index in [0.717, 1.165) is 69.8 Å². The second-order valence-corrected chi connectivity index (χ2v) is 7.99. The monoisotopic (exact) mass is 394 g/mol. The van der Waals surface area contributed by atoms with E-state index in [1.54, 1.807) is 0 Å². The Kier molecular flexibility index (Phi) is 8.12. The number of hydrogen-bond donors (Lipinski definition) is 0. The van der Waals surface area contributed by atoms with Crippen LogP contribution < -0.4 is 4.74 Å². The minimum Gasteiger partial charge on any atom is -0.457 e. The Bertz CT molecular complexity index is 762. The summed E-state index contributed by atoms with van der Waals surface area (Å²) in [6.07, 6.45) is 5.00. The van der Waals surface area contributed by atoms with Crippen LogP contribution in [0.15, 0.2) is 54.6 Å². The molecule has 1 aliphatic rings. The van der Waals surface area contributed by atoms with Crippen LogP contribution in [0.3, 0.4) is 0 Å². The van der Waals surface area contributed by atoms with Gasteiger partial charge < -0.3 is 9.64 Å². The summed E-state index contributed by atoms with van der Waals surface area (Å²) in [7, 11) is 0. The summed E-state index contributed by atoms with van der Waals surface area (Å²) < 4.78 is 5.99. The molecule has 156 valence electrons. The van der Waals surface area contributed by atoms with Crippen LogP contribution in [0.5, 0.6) is 11.5 Å². The molecule has 1 atom stereocenters. The molecule has 0 aliphatic carbocycles. The minimum atomic E-state index is 0.325. The number of amides is 1. The molecule has 3 rings (SSSR count). The van der Waals surface area contributed by atoms with Crippen LogP contribution in [0, 0.1) is 0 Å². The lowest BCUT2D eigenvalue weighted by Gasteiger charge is -2.33. The fourth-order valence-electron chi connectivity index (χ4n) is 4.02. The van der Waals surface area contributed by atoms with Crippen molar-refractivity contribution in [3.8, 4) is 11.5 Å². The Balaban J connectivity index is 1.58. The maximum absolute atomic E-state index is 12.1. The van der Waals surface area contributed by atoms with E-state index in [1.165, 1.54) is 5.56 Å². The third kappa shape index (κ3) is 6.60. The van der Waals surface area contributed by atoms with Crippen molar-refractivity contribution in [1.82, 2.24) is 9.80 Å². The molecule has 1 heterocycles. The van der Waals surface area contributed by atoms with Gasteiger partial charge in [0.2, 0.25) is 5.91 Å². The van der Waals surface area contributed by atoms with Gasteiger partial charge >= 0.3 is 0 Å². The number of nitrogens with zero attached hydrogens (tertiary/aromatic N) is 2. The molecule has 0 N–H and O–H groups in total. The Morgan fingerprint density at radius 3 is 2.59 bits per heavy atom. The molecular weight excluding hydrogens is 360 g/mol. The lowest BCUT2D eigenvalue weighted by atomic mass is 10.0. The summed E-state index contributed by atoms with van der Waals surface area (Å²) in [6.45, 7) is 8.29. The standard InChI is InChI=1S/C25H34N2O2/c1-3-15-26(17-18-27-16-8-7-14-25(27)28)21(2)19-22-10-9-13-24(20-22)29-23-11-5-4-6-12-23/h4-6,9-13,20-21H,3,7-8,14-19H2,1-2H3. The Morgan fingerprint density at radius 1 is 1.03 bits per heavy atom. The number of likely N-dealkylation sites (tertiary alicyclic amines) is 1. The second-order valence-electron chi connectivity index (χ2n) is 7.99. The second kappa shape index (κ2) is 11.0. The number of piperidine rings is 1. The first-order valence-corrected chi connectivity index (χ1v) is 11.0. The van der Waals surface area contributed by atoms with Crippen molar-refractivity contribution in [2.24, 2.45) is 0 Å². The van der Waals surface area contributed by atoms with Crippen molar-refractivity contribution < 1.29 is 9.53 Å². The van der Waals surface area contributed by atoms with Crippen LogP contribution in [0.25, 0.3) is 0 Å². The molecule has 0 radical (unpaired) electrons. The highest BCUT2D eigenvalue weighted by molar-refractivity contribution is 5.76. The van der Waals surface area contributed by atoms with Gasteiger partial charge in [0.1, 0.15) is 11.5 Å². The van der Waals surface area contributed by atoms with Crippen molar-refractivity contribution in [3.05, 3.63) is 60.2 Å². The van der Waals surface area contributed by atoms with E-state index in [0.29, 0.717) is 11.9 Å². The van der Waals surface area contributed by atoms with E-state index in [-0.39, 0.29) is 0 Å². The molecule has 1 fully saturated rings. The summed E-state index contributed by atoms with van der Waals surface area (Å²) in [5, 5.41) is 0. The predicted molar refractivity (Wildman–Crippen MR) is 118 cm³/mol. The molecule has 4 heteroatoms. The van der Waals surface area contributed by atoms with Gasteiger partial charge in [-0.1, -0.05) is 37.3 Å². The smallest absolute Gasteiger partial charge is 0.222 e. The van der Waals surface area contributed by atoms with Crippen LogP contribution in [0.2, 0.25) is 0 Å². The molecule has 1 amide bonds. The van der Waals surface area contributed by atoms with E-state index < -0.39 is 0 Å². The highest BCUT2D eigenvalue weighted by atomic mass is 16.5. The number of rotatable bonds is 10. The first kappa shape index (κ1) is 21.4. The third-order valence-electron chi connectivity index (χ3n) is 5.62. The van der Waals surface area contributed by atoms with Crippen molar-refractivity contribution >= 4 is 5.91 Å². The molecule has 0 spiro atoms. The third-order valence-corrected chi connectivity index (χ3v) is 5.62. The van der Waals surface area contributed by atoms with Gasteiger partial charge in [0.15, 0.2) is 0 Å². The first-order valence-electron chi connectivity index (χ1n) is 11.0. The average Bonchev–Trinajstić information content (AvgIpc) is 2.73. The van der Waals surface area contributed by atoms with E-state index in [1.807, 2.05) is 41.3 Å². The number of carbonyl (C=O) groups excluding carboxylic acids is 1. The summed E-state index contributed by atoms with van der Waals surface area (Å²) >= 11 is 0. The van der Waals surface area contributed by atoms with Gasteiger partial charge in [0.25, 0.3) is 0 Å². The number of ether oxygens (including phenoxy) is 1. The lowest BCUT2D eigenvalue weighted by molar-refractivity contribution is -0.133. The van der Waals surface area contributed by atoms with Gasteiger partial charge in [-0.3, -0.25) is 9.69 Å². The predicted octanol–water partition coefficient (Wildman–Crippen LogP) is 5.13. The maximum atomic E-state index is 12.1. The molecule has 2 aromatic rings. The summed E-state index contributed by atoms with van der Waals surface area (Å²) in [4.78, 5) is 16.7. The fraction of sp³-hybridized carbons (Fsp3) is 0.480. The van der Waals surface area contributed by atoms with Crippen molar-refractivity contribution in [3.63, 3.8) is 0 Å². The van der Waals surface area contributed by atoms with Gasteiger partial charge in [-0.15, -0.1) is 0 Å². The van der Waals surface area contributed by atoms with Gasteiger partial charge in [0.05, 0.1) is 0 Å². The number of benzene rings is 2. The zero-order valence-corrected chi connectivity index (χ0v) is 17.8. The van der Waals surface area contributed by atoms with Crippen LogP contribution in [0.1, 0.15) is 45.1 Å². The van der Waals surface area contributed by atoms with Crippen LogP contribution in [-0.2, 0) is 11.2 Å². The number of carbonyl (C=O) groups is 1. The molecule has 29 heavy (non-hydrogen) atoms. The van der Waals surface area contributed by atoms with Gasteiger partial charge in [-0.2, -0.15) is 0 Å². The largest absolute Gasteiger partial charge is 0.457 e. The Labute approximate surface area is 175 Å². The van der Waals surface area contributed by atoms with Crippen molar-refractivity contribution in [2.45, 2.75) is 52.0 Å². The highest BCUT2D eigenvalue weighted by Crippen LogP contribution is 2.23. The fourth-order valence-corrected chi connectivity index (χ4v) is 4.02. The average molecular weight is 395 g/mol. The summed E-state index contributed by atoms with van der Waals surface area (Å²) in [5.41, 5.74) is 1.28. The van der Waals surface area contributed by atoms with Gasteiger partial charge in [-0.25, -0.2) is 0 Å². The molecule has 1 aliphatic heterocycles. The minimum absolute atomic E-state index is 0.325. The number of para-hydroxylation sites is 1. The van der Waals surface area contributed by atoms with Gasteiger partial charge in [0, 0.05) is 32.1 Å².